The Morgan fingerprint density at radius 3 is 2.59 bits per heavy atom. The Balaban J connectivity index is 1.93. The Kier molecular flexibility index (Phi) is 4.19. The molecule has 1 aliphatic rings. The van der Waals surface area contributed by atoms with Crippen LogP contribution in [-0.4, -0.2) is 31.3 Å². The molecular weight excluding hydrogens is 299 g/mol. The minimum Gasteiger partial charge on any atom is -0.378 e. The van der Waals surface area contributed by atoms with E-state index in [2.05, 4.69) is 26.2 Å². The minimum atomic E-state index is -0.183. The van der Waals surface area contributed by atoms with Crippen molar-refractivity contribution in [2.75, 3.05) is 31.2 Å². The minimum absolute atomic E-state index is 0.0377. The number of hydrogen-bond acceptors (Lipinski definition) is 4. The van der Waals surface area contributed by atoms with E-state index in [0.29, 0.717) is 18.9 Å². The van der Waals surface area contributed by atoms with Crippen LogP contribution in [0.2, 0.25) is 0 Å². The van der Waals surface area contributed by atoms with Crippen LogP contribution in [0.1, 0.15) is 25.8 Å². The molecule has 1 aromatic carbocycles. The highest BCUT2D eigenvalue weighted by Crippen LogP contribution is 2.32. The van der Waals surface area contributed by atoms with Gasteiger partial charge in [0.1, 0.15) is 5.82 Å². The maximum Gasteiger partial charge on any atom is 0.146 e. The third-order valence-corrected chi connectivity index (χ3v) is 5.01. The van der Waals surface area contributed by atoms with Crippen molar-refractivity contribution in [3.8, 4) is 11.3 Å². The first-order valence-corrected chi connectivity index (χ1v) is 8.42. The summed E-state index contributed by atoms with van der Waals surface area (Å²) in [5, 5.41) is 3.15. The topological polar surface area (TPSA) is 25.4 Å². The van der Waals surface area contributed by atoms with Gasteiger partial charge in [0.25, 0.3) is 0 Å². The van der Waals surface area contributed by atoms with Gasteiger partial charge in [0, 0.05) is 29.4 Å². The fraction of sp³-hybridized carbons (Fsp3) is 0.471. The number of rotatable bonds is 2. The predicted molar refractivity (Wildman–Crippen MR) is 89.2 cm³/mol. The number of hydrogen-bond donors (Lipinski definition) is 0. The monoisotopic (exact) mass is 320 g/mol. The van der Waals surface area contributed by atoms with Crippen molar-refractivity contribution in [1.29, 1.82) is 0 Å². The Bertz CT molecular complexity index is 657. The van der Waals surface area contributed by atoms with E-state index in [4.69, 9.17) is 9.72 Å². The number of thiazole rings is 1. The lowest BCUT2D eigenvalue weighted by molar-refractivity contribution is 0.122. The molecule has 0 bridgehead atoms. The lowest BCUT2D eigenvalue weighted by Gasteiger charge is -2.29. The first-order chi connectivity index (χ1) is 10.4. The van der Waals surface area contributed by atoms with Crippen LogP contribution in [0.5, 0.6) is 0 Å². The Hall–Kier alpha value is -1.46. The summed E-state index contributed by atoms with van der Waals surface area (Å²) in [7, 11) is 0. The summed E-state index contributed by atoms with van der Waals surface area (Å²) in [5.41, 5.74) is 2.57. The van der Waals surface area contributed by atoms with Gasteiger partial charge in [0.15, 0.2) is 0 Å². The summed E-state index contributed by atoms with van der Waals surface area (Å²) in [5.74, 6) is -0.183. The largest absolute Gasteiger partial charge is 0.378 e. The van der Waals surface area contributed by atoms with Gasteiger partial charge in [-0.25, -0.2) is 9.37 Å². The van der Waals surface area contributed by atoms with Crippen LogP contribution in [-0.2, 0) is 10.2 Å². The van der Waals surface area contributed by atoms with Gasteiger partial charge in [-0.2, -0.15) is 0 Å². The Morgan fingerprint density at radius 1 is 1.23 bits per heavy atom. The van der Waals surface area contributed by atoms with Crippen LogP contribution in [0.3, 0.4) is 0 Å². The van der Waals surface area contributed by atoms with Gasteiger partial charge in [0.2, 0.25) is 0 Å². The second kappa shape index (κ2) is 5.97. The summed E-state index contributed by atoms with van der Waals surface area (Å²) < 4.78 is 19.5. The molecule has 0 unspecified atom stereocenters. The summed E-state index contributed by atoms with van der Waals surface area (Å²) in [6.07, 6.45) is 0. The second-order valence-electron chi connectivity index (χ2n) is 6.55. The van der Waals surface area contributed by atoms with Crippen LogP contribution in [0.15, 0.2) is 23.6 Å². The molecule has 3 nitrogen and oxygen atoms in total. The van der Waals surface area contributed by atoms with Gasteiger partial charge in [-0.1, -0.05) is 20.8 Å². The SMILES string of the molecule is CC(C)(C)c1nc(-c2ccc(F)c(N3CCOCC3)c2)cs1. The summed E-state index contributed by atoms with van der Waals surface area (Å²) in [4.78, 5) is 6.76. The van der Waals surface area contributed by atoms with Gasteiger partial charge in [-0.3, -0.25) is 0 Å². The van der Waals surface area contributed by atoms with E-state index in [1.807, 2.05) is 11.0 Å². The molecule has 1 fully saturated rings. The molecule has 1 aliphatic heterocycles. The first kappa shape index (κ1) is 15.4. The maximum atomic E-state index is 14.2. The highest BCUT2D eigenvalue weighted by molar-refractivity contribution is 7.10. The van der Waals surface area contributed by atoms with Crippen molar-refractivity contribution in [2.45, 2.75) is 26.2 Å². The molecule has 1 saturated heterocycles. The molecule has 5 heteroatoms. The summed E-state index contributed by atoms with van der Waals surface area (Å²) in [6.45, 7) is 9.21. The molecule has 0 atom stereocenters. The zero-order valence-corrected chi connectivity index (χ0v) is 14.0. The van der Waals surface area contributed by atoms with E-state index in [-0.39, 0.29) is 11.2 Å². The zero-order chi connectivity index (χ0) is 15.7. The molecular formula is C17H21FN2OS. The van der Waals surface area contributed by atoms with Crippen molar-refractivity contribution in [1.82, 2.24) is 4.98 Å². The number of aromatic nitrogens is 1. The molecule has 0 radical (unpaired) electrons. The quantitative estimate of drug-likeness (QED) is 0.833. The average Bonchev–Trinajstić information content (AvgIpc) is 2.99. The van der Waals surface area contributed by atoms with Crippen LogP contribution >= 0.6 is 11.3 Å². The third kappa shape index (κ3) is 3.15. The van der Waals surface area contributed by atoms with Crippen molar-refractivity contribution in [3.05, 3.63) is 34.4 Å². The normalized spacial score (nSPS) is 16.1. The molecule has 2 aromatic rings. The number of nitrogens with zero attached hydrogens (tertiary/aromatic N) is 2. The molecule has 118 valence electrons. The fourth-order valence-electron chi connectivity index (χ4n) is 2.47. The average molecular weight is 320 g/mol. The van der Waals surface area contributed by atoms with Crippen molar-refractivity contribution in [3.63, 3.8) is 0 Å². The van der Waals surface area contributed by atoms with Crippen LogP contribution in [0, 0.1) is 5.82 Å². The highest BCUT2D eigenvalue weighted by atomic mass is 32.1. The lowest BCUT2D eigenvalue weighted by Crippen LogP contribution is -2.36. The molecule has 0 amide bonds. The molecule has 0 saturated carbocycles. The van der Waals surface area contributed by atoms with Gasteiger partial charge < -0.3 is 9.64 Å². The molecule has 0 aliphatic carbocycles. The Labute approximate surface area is 134 Å². The maximum absolute atomic E-state index is 14.2. The van der Waals surface area contributed by atoms with E-state index in [9.17, 15) is 4.39 Å². The van der Waals surface area contributed by atoms with Crippen molar-refractivity contribution in [2.24, 2.45) is 0 Å². The van der Waals surface area contributed by atoms with Gasteiger partial charge in [-0.15, -0.1) is 11.3 Å². The number of anilines is 1. The van der Waals surface area contributed by atoms with Crippen molar-refractivity contribution < 1.29 is 9.13 Å². The van der Waals surface area contributed by atoms with E-state index in [1.165, 1.54) is 6.07 Å². The third-order valence-electron chi connectivity index (χ3n) is 3.74. The van der Waals surface area contributed by atoms with E-state index >= 15 is 0 Å². The van der Waals surface area contributed by atoms with Gasteiger partial charge >= 0.3 is 0 Å². The number of ether oxygens (including phenoxy) is 1. The highest BCUT2D eigenvalue weighted by Gasteiger charge is 2.20. The van der Waals surface area contributed by atoms with Crippen LogP contribution in [0.4, 0.5) is 10.1 Å². The number of morpholine rings is 1. The van der Waals surface area contributed by atoms with Gasteiger partial charge in [0.05, 0.1) is 29.6 Å². The number of benzene rings is 1. The van der Waals surface area contributed by atoms with E-state index < -0.39 is 0 Å². The molecule has 2 heterocycles. The summed E-state index contributed by atoms with van der Waals surface area (Å²) in [6, 6.07) is 5.25. The molecule has 0 N–H and O–H groups in total. The molecule has 22 heavy (non-hydrogen) atoms. The summed E-state index contributed by atoms with van der Waals surface area (Å²) >= 11 is 1.66. The lowest BCUT2D eigenvalue weighted by atomic mass is 9.98. The van der Waals surface area contributed by atoms with E-state index in [1.54, 1.807) is 17.4 Å². The molecule has 3 rings (SSSR count). The standard InChI is InChI=1S/C17H21FN2OS/c1-17(2,3)16-19-14(11-22-16)12-4-5-13(18)15(10-12)20-6-8-21-9-7-20/h4-5,10-11H,6-9H2,1-3H3. The first-order valence-electron chi connectivity index (χ1n) is 7.54. The fourth-order valence-corrected chi connectivity index (χ4v) is 3.39. The second-order valence-corrected chi connectivity index (χ2v) is 7.41. The van der Waals surface area contributed by atoms with Crippen LogP contribution in [0.25, 0.3) is 11.3 Å². The predicted octanol–water partition coefficient (Wildman–Crippen LogP) is 4.08. The van der Waals surface area contributed by atoms with Gasteiger partial charge in [-0.05, 0) is 18.2 Å². The molecule has 1 aromatic heterocycles. The molecule has 0 spiro atoms. The smallest absolute Gasteiger partial charge is 0.146 e. The zero-order valence-electron chi connectivity index (χ0n) is 13.2. The number of halogens is 1. The Morgan fingerprint density at radius 2 is 1.95 bits per heavy atom. The van der Waals surface area contributed by atoms with Crippen molar-refractivity contribution >= 4 is 17.0 Å². The van der Waals surface area contributed by atoms with E-state index in [0.717, 1.165) is 29.4 Å². The van der Waals surface area contributed by atoms with Crippen LogP contribution < -0.4 is 4.90 Å².